The highest BCUT2D eigenvalue weighted by Gasteiger charge is 2.47. The van der Waals surface area contributed by atoms with E-state index in [1.807, 2.05) is 0 Å². The van der Waals surface area contributed by atoms with Crippen molar-refractivity contribution in [2.45, 2.75) is 49.9 Å². The minimum absolute atomic E-state index is 0.187. The molecule has 1 heterocycles. The van der Waals surface area contributed by atoms with Gasteiger partial charge >= 0.3 is 0 Å². The van der Waals surface area contributed by atoms with E-state index < -0.39 is 0 Å². The summed E-state index contributed by atoms with van der Waals surface area (Å²) in [5, 5.41) is 12.5. The molecule has 2 aliphatic carbocycles. The first kappa shape index (κ1) is 9.35. The molecule has 2 saturated carbocycles. The van der Waals surface area contributed by atoms with E-state index in [1.54, 1.807) is 11.3 Å². The van der Waals surface area contributed by atoms with Crippen LogP contribution in [0.1, 0.15) is 55.1 Å². The first-order valence-electron chi connectivity index (χ1n) is 5.71. The molecule has 2 nitrogen and oxygen atoms in total. The van der Waals surface area contributed by atoms with Crippen molar-refractivity contribution in [3.63, 3.8) is 0 Å². The Morgan fingerprint density at radius 2 is 2.13 bits per heavy atom. The standard InChI is InChI=1S/C12H14N2S/c13-8-12(5-6-12)10-7-15-11(14-10)9-3-1-2-4-9/h7,9H,1-6H2. The second-order valence-corrected chi connectivity index (χ2v) is 5.64. The van der Waals surface area contributed by atoms with Gasteiger partial charge in [-0.3, -0.25) is 0 Å². The molecule has 0 saturated heterocycles. The third-order valence-corrected chi connectivity index (χ3v) is 4.69. The van der Waals surface area contributed by atoms with Crippen LogP contribution >= 0.6 is 11.3 Å². The van der Waals surface area contributed by atoms with E-state index in [0.29, 0.717) is 5.92 Å². The summed E-state index contributed by atoms with van der Waals surface area (Å²) in [6, 6.07) is 2.42. The maximum Gasteiger partial charge on any atom is 0.100 e. The van der Waals surface area contributed by atoms with Crippen LogP contribution in [-0.2, 0) is 5.41 Å². The van der Waals surface area contributed by atoms with E-state index in [9.17, 15) is 0 Å². The molecule has 0 unspecified atom stereocenters. The van der Waals surface area contributed by atoms with Gasteiger partial charge in [0.15, 0.2) is 0 Å². The van der Waals surface area contributed by atoms with Gasteiger partial charge in [-0.05, 0) is 25.7 Å². The van der Waals surface area contributed by atoms with Crippen LogP contribution in [0, 0.1) is 11.3 Å². The van der Waals surface area contributed by atoms with E-state index in [-0.39, 0.29) is 5.41 Å². The number of aromatic nitrogens is 1. The van der Waals surface area contributed by atoms with E-state index in [4.69, 9.17) is 10.2 Å². The second kappa shape index (κ2) is 3.31. The average Bonchev–Trinajstić information content (AvgIpc) is 2.74. The fourth-order valence-electron chi connectivity index (χ4n) is 2.42. The largest absolute Gasteiger partial charge is 0.244 e. The summed E-state index contributed by atoms with van der Waals surface area (Å²) in [6.45, 7) is 0. The summed E-state index contributed by atoms with van der Waals surface area (Å²) < 4.78 is 0. The van der Waals surface area contributed by atoms with Crippen LogP contribution in [0.4, 0.5) is 0 Å². The molecule has 0 radical (unpaired) electrons. The van der Waals surface area contributed by atoms with Crippen LogP contribution in [0.2, 0.25) is 0 Å². The molecule has 1 aromatic rings. The summed E-state index contributed by atoms with van der Waals surface area (Å²) in [5.41, 5.74) is 0.866. The summed E-state index contributed by atoms with van der Waals surface area (Å²) in [6.07, 6.45) is 7.32. The minimum Gasteiger partial charge on any atom is -0.244 e. The topological polar surface area (TPSA) is 36.7 Å². The molecule has 78 valence electrons. The Morgan fingerprint density at radius 1 is 1.40 bits per heavy atom. The average molecular weight is 218 g/mol. The lowest BCUT2D eigenvalue weighted by atomic mass is 10.1. The Hall–Kier alpha value is -0.880. The van der Waals surface area contributed by atoms with Crippen LogP contribution in [0.15, 0.2) is 5.38 Å². The lowest BCUT2D eigenvalue weighted by Crippen LogP contribution is -2.03. The lowest BCUT2D eigenvalue weighted by molar-refractivity contribution is 0.706. The quantitative estimate of drug-likeness (QED) is 0.763. The fraction of sp³-hybridized carbons (Fsp3) is 0.667. The van der Waals surface area contributed by atoms with Gasteiger partial charge in [0.05, 0.1) is 16.8 Å². The Labute approximate surface area is 94.0 Å². The zero-order valence-electron chi connectivity index (χ0n) is 8.70. The van der Waals surface area contributed by atoms with Gasteiger partial charge in [-0.25, -0.2) is 4.98 Å². The highest BCUT2D eigenvalue weighted by molar-refractivity contribution is 7.09. The van der Waals surface area contributed by atoms with Crippen molar-refractivity contribution < 1.29 is 0 Å². The predicted molar refractivity (Wildman–Crippen MR) is 59.8 cm³/mol. The normalized spacial score (nSPS) is 23.9. The van der Waals surface area contributed by atoms with E-state index >= 15 is 0 Å². The van der Waals surface area contributed by atoms with Crippen LogP contribution in [0.25, 0.3) is 0 Å². The van der Waals surface area contributed by atoms with Gasteiger partial charge in [0.25, 0.3) is 0 Å². The van der Waals surface area contributed by atoms with Crippen LogP contribution in [0.5, 0.6) is 0 Å². The Morgan fingerprint density at radius 3 is 2.73 bits per heavy atom. The first-order chi connectivity index (χ1) is 7.34. The van der Waals surface area contributed by atoms with Crippen molar-refractivity contribution >= 4 is 11.3 Å². The van der Waals surface area contributed by atoms with Crippen LogP contribution in [0.3, 0.4) is 0 Å². The molecule has 3 heteroatoms. The molecule has 0 aromatic carbocycles. The van der Waals surface area contributed by atoms with Gasteiger partial charge in [0, 0.05) is 11.3 Å². The lowest BCUT2D eigenvalue weighted by Gasteiger charge is -2.03. The molecular weight excluding hydrogens is 204 g/mol. The summed E-state index contributed by atoms with van der Waals surface area (Å²) in [5.74, 6) is 0.693. The smallest absolute Gasteiger partial charge is 0.100 e. The van der Waals surface area contributed by atoms with Crippen molar-refractivity contribution in [1.29, 1.82) is 5.26 Å². The number of hydrogen-bond donors (Lipinski definition) is 0. The highest BCUT2D eigenvalue weighted by atomic mass is 32.1. The van der Waals surface area contributed by atoms with E-state index in [0.717, 1.165) is 18.5 Å². The molecule has 2 aliphatic rings. The summed E-state index contributed by atoms with van der Waals surface area (Å²) in [4.78, 5) is 4.69. The molecule has 0 atom stereocenters. The van der Waals surface area contributed by atoms with Crippen molar-refractivity contribution in [1.82, 2.24) is 4.98 Å². The van der Waals surface area contributed by atoms with Crippen molar-refractivity contribution in [3.8, 4) is 6.07 Å². The Kier molecular flexibility index (Phi) is 2.07. The number of hydrogen-bond acceptors (Lipinski definition) is 3. The maximum absolute atomic E-state index is 9.10. The van der Waals surface area contributed by atoms with Gasteiger partial charge in [-0.1, -0.05) is 12.8 Å². The van der Waals surface area contributed by atoms with Crippen molar-refractivity contribution in [2.24, 2.45) is 0 Å². The summed E-state index contributed by atoms with van der Waals surface area (Å²) in [7, 11) is 0. The van der Waals surface area contributed by atoms with E-state index in [1.165, 1.54) is 30.7 Å². The summed E-state index contributed by atoms with van der Waals surface area (Å²) >= 11 is 1.77. The predicted octanol–water partition coefficient (Wildman–Crippen LogP) is 3.36. The number of thiazole rings is 1. The number of rotatable bonds is 2. The van der Waals surface area contributed by atoms with Gasteiger partial charge in [0.1, 0.15) is 5.41 Å². The van der Waals surface area contributed by atoms with Crippen LogP contribution in [-0.4, -0.2) is 4.98 Å². The number of nitriles is 1. The molecule has 0 spiro atoms. The molecule has 0 N–H and O–H groups in total. The Bertz CT molecular complexity index is 406. The van der Waals surface area contributed by atoms with Crippen molar-refractivity contribution in [3.05, 3.63) is 16.1 Å². The molecule has 0 bridgehead atoms. The monoisotopic (exact) mass is 218 g/mol. The Balaban J connectivity index is 1.85. The molecule has 0 aliphatic heterocycles. The zero-order chi connectivity index (χ0) is 10.3. The first-order valence-corrected chi connectivity index (χ1v) is 6.59. The van der Waals surface area contributed by atoms with Crippen molar-refractivity contribution in [2.75, 3.05) is 0 Å². The van der Waals surface area contributed by atoms with Gasteiger partial charge in [-0.2, -0.15) is 5.26 Å². The minimum atomic E-state index is -0.187. The molecule has 0 amide bonds. The van der Waals surface area contributed by atoms with Gasteiger partial charge in [0.2, 0.25) is 0 Å². The third-order valence-electron chi connectivity index (χ3n) is 3.68. The number of nitrogens with zero attached hydrogens (tertiary/aromatic N) is 2. The maximum atomic E-state index is 9.10. The third kappa shape index (κ3) is 1.48. The van der Waals surface area contributed by atoms with Gasteiger partial charge < -0.3 is 0 Å². The molecule has 1 aromatic heterocycles. The second-order valence-electron chi connectivity index (χ2n) is 4.75. The van der Waals surface area contributed by atoms with Crippen LogP contribution < -0.4 is 0 Å². The molecular formula is C12H14N2S. The zero-order valence-corrected chi connectivity index (χ0v) is 9.52. The van der Waals surface area contributed by atoms with Gasteiger partial charge in [-0.15, -0.1) is 11.3 Å². The SMILES string of the molecule is N#CC1(c2csc(C3CCCC3)n2)CC1. The highest BCUT2D eigenvalue weighted by Crippen LogP contribution is 2.48. The van der Waals surface area contributed by atoms with E-state index in [2.05, 4.69) is 11.4 Å². The molecule has 15 heavy (non-hydrogen) atoms. The molecule has 3 rings (SSSR count). The molecule has 2 fully saturated rings. The fourth-order valence-corrected chi connectivity index (χ4v) is 3.51.